The van der Waals surface area contributed by atoms with Crippen LogP contribution in [0.15, 0.2) is 34.9 Å². The Labute approximate surface area is 140 Å². The lowest BCUT2D eigenvalue weighted by atomic mass is 10.3. The number of nitrogens with zero attached hydrogens (tertiary/aromatic N) is 2. The van der Waals surface area contributed by atoms with Gasteiger partial charge >= 0.3 is 0 Å². The fraction of sp³-hybridized carbons (Fsp3) is 0.375. The summed E-state index contributed by atoms with van der Waals surface area (Å²) in [5, 5.41) is 7.10. The molecule has 23 heavy (non-hydrogen) atoms. The van der Waals surface area contributed by atoms with Crippen molar-refractivity contribution >= 4 is 23.3 Å². The van der Waals surface area contributed by atoms with E-state index < -0.39 is 0 Å². The van der Waals surface area contributed by atoms with Crippen LogP contribution in [0.5, 0.6) is 5.75 Å². The van der Waals surface area contributed by atoms with Gasteiger partial charge < -0.3 is 19.5 Å². The number of benzene rings is 1. The summed E-state index contributed by atoms with van der Waals surface area (Å²) in [4.78, 5) is 13.8. The molecule has 7 heteroatoms. The fourth-order valence-corrected chi connectivity index (χ4v) is 2.01. The summed E-state index contributed by atoms with van der Waals surface area (Å²) >= 11 is 5.81. The van der Waals surface area contributed by atoms with Crippen LogP contribution in [0.25, 0.3) is 0 Å². The summed E-state index contributed by atoms with van der Waals surface area (Å²) in [5.74, 6) is 1.80. The van der Waals surface area contributed by atoms with Crippen molar-refractivity contribution in [2.75, 3.05) is 32.1 Å². The number of anilines is 1. The first-order valence-electron chi connectivity index (χ1n) is 7.33. The van der Waals surface area contributed by atoms with Gasteiger partial charge in [0.15, 0.2) is 5.82 Å². The van der Waals surface area contributed by atoms with E-state index in [4.69, 9.17) is 20.9 Å². The molecule has 1 N–H and O–H groups in total. The molecule has 124 valence electrons. The van der Waals surface area contributed by atoms with E-state index in [1.165, 1.54) is 0 Å². The minimum Gasteiger partial charge on any atom is -0.492 e. The maximum absolute atomic E-state index is 11.8. The molecule has 0 bridgehead atoms. The number of hydrogen-bond donors (Lipinski definition) is 1. The first-order chi connectivity index (χ1) is 11.0. The minimum absolute atomic E-state index is 0.0937. The van der Waals surface area contributed by atoms with E-state index in [0.29, 0.717) is 36.2 Å². The fourth-order valence-electron chi connectivity index (χ4n) is 1.89. The third kappa shape index (κ3) is 6.30. The topological polar surface area (TPSA) is 67.6 Å². The molecule has 2 aromatic rings. The number of nitrogens with one attached hydrogen (secondary N) is 1. The lowest BCUT2D eigenvalue weighted by Crippen LogP contribution is -2.28. The number of hydrogen-bond acceptors (Lipinski definition) is 5. The smallest absolute Gasteiger partial charge is 0.226 e. The van der Waals surface area contributed by atoms with Gasteiger partial charge in [0.2, 0.25) is 5.91 Å². The molecule has 0 aliphatic carbocycles. The molecule has 0 aliphatic heterocycles. The Kier molecular flexibility index (Phi) is 6.43. The molecular formula is C16H20ClN3O3. The monoisotopic (exact) mass is 337 g/mol. The summed E-state index contributed by atoms with van der Waals surface area (Å²) in [6, 6.07) is 8.92. The molecular weight excluding hydrogens is 318 g/mol. The Balaban J connectivity index is 1.61. The maximum atomic E-state index is 11.8. The molecule has 0 unspecified atom stereocenters. The van der Waals surface area contributed by atoms with E-state index in [0.717, 1.165) is 12.3 Å². The van der Waals surface area contributed by atoms with Crippen molar-refractivity contribution in [3.63, 3.8) is 0 Å². The van der Waals surface area contributed by atoms with Crippen LogP contribution < -0.4 is 10.1 Å². The molecule has 0 saturated heterocycles. The predicted octanol–water partition coefficient (Wildman–Crippen LogP) is 2.98. The van der Waals surface area contributed by atoms with E-state index in [9.17, 15) is 4.79 Å². The molecule has 1 amide bonds. The standard InChI is InChI=1S/C16H20ClN3O3/c1-12-11-15(19-23-12)18-16(21)7-8-20(2)9-10-22-14-5-3-13(17)4-6-14/h3-6,11H,7-10H2,1-2H3,(H,18,19,21). The van der Waals surface area contributed by atoms with Crippen LogP contribution in [0.1, 0.15) is 12.2 Å². The van der Waals surface area contributed by atoms with E-state index in [2.05, 4.69) is 10.5 Å². The maximum Gasteiger partial charge on any atom is 0.226 e. The normalized spacial score (nSPS) is 10.8. The molecule has 0 radical (unpaired) electrons. The number of halogens is 1. The quantitative estimate of drug-likeness (QED) is 0.802. The molecule has 0 aliphatic rings. The molecule has 0 fully saturated rings. The lowest BCUT2D eigenvalue weighted by Gasteiger charge is -2.16. The van der Waals surface area contributed by atoms with Crippen LogP contribution >= 0.6 is 11.6 Å². The van der Waals surface area contributed by atoms with Crippen molar-refractivity contribution in [3.8, 4) is 5.75 Å². The van der Waals surface area contributed by atoms with Gasteiger partial charge in [-0.1, -0.05) is 16.8 Å². The zero-order chi connectivity index (χ0) is 16.7. The number of carbonyl (C=O) groups is 1. The van der Waals surface area contributed by atoms with Crippen molar-refractivity contribution in [3.05, 3.63) is 41.1 Å². The number of likely N-dealkylation sites (N-methyl/N-ethyl adjacent to an activating group) is 1. The van der Waals surface area contributed by atoms with Crippen LogP contribution in [0, 0.1) is 6.92 Å². The SMILES string of the molecule is Cc1cc(NC(=O)CCN(C)CCOc2ccc(Cl)cc2)no1. The molecule has 2 rings (SSSR count). The molecule has 1 aromatic carbocycles. The summed E-state index contributed by atoms with van der Waals surface area (Å²) in [5.41, 5.74) is 0. The minimum atomic E-state index is -0.0937. The van der Waals surface area contributed by atoms with E-state index in [1.54, 1.807) is 25.1 Å². The Morgan fingerprint density at radius 2 is 2.09 bits per heavy atom. The third-order valence-electron chi connectivity index (χ3n) is 3.17. The lowest BCUT2D eigenvalue weighted by molar-refractivity contribution is -0.116. The second-order valence-electron chi connectivity index (χ2n) is 5.23. The Morgan fingerprint density at radius 3 is 2.74 bits per heavy atom. The third-order valence-corrected chi connectivity index (χ3v) is 3.42. The van der Waals surface area contributed by atoms with Gasteiger partial charge in [-0.25, -0.2) is 0 Å². The first-order valence-corrected chi connectivity index (χ1v) is 7.71. The number of aryl methyl sites for hydroxylation is 1. The summed E-state index contributed by atoms with van der Waals surface area (Å²) in [6.07, 6.45) is 0.378. The molecule has 0 spiro atoms. The van der Waals surface area contributed by atoms with Crippen molar-refractivity contribution < 1.29 is 14.1 Å². The number of ether oxygens (including phenoxy) is 1. The van der Waals surface area contributed by atoms with Gasteiger partial charge in [0, 0.05) is 30.6 Å². The number of rotatable bonds is 8. The van der Waals surface area contributed by atoms with Gasteiger partial charge in [-0.15, -0.1) is 0 Å². The summed E-state index contributed by atoms with van der Waals surface area (Å²) < 4.78 is 10.5. The van der Waals surface area contributed by atoms with Gasteiger partial charge in [0.1, 0.15) is 18.1 Å². The van der Waals surface area contributed by atoms with Crippen LogP contribution in [0.4, 0.5) is 5.82 Å². The van der Waals surface area contributed by atoms with Gasteiger partial charge in [0.05, 0.1) is 0 Å². The van der Waals surface area contributed by atoms with Crippen molar-refractivity contribution in [2.24, 2.45) is 0 Å². The van der Waals surface area contributed by atoms with E-state index in [1.807, 2.05) is 24.1 Å². The number of carbonyl (C=O) groups excluding carboxylic acids is 1. The van der Waals surface area contributed by atoms with Crippen molar-refractivity contribution in [1.29, 1.82) is 0 Å². The van der Waals surface area contributed by atoms with Gasteiger partial charge in [-0.3, -0.25) is 4.79 Å². The molecule has 1 aromatic heterocycles. The van der Waals surface area contributed by atoms with Crippen molar-refractivity contribution in [1.82, 2.24) is 10.1 Å². The highest BCUT2D eigenvalue weighted by atomic mass is 35.5. The predicted molar refractivity (Wildman–Crippen MR) is 88.9 cm³/mol. The van der Waals surface area contributed by atoms with E-state index >= 15 is 0 Å². The van der Waals surface area contributed by atoms with Crippen LogP contribution in [0.2, 0.25) is 5.02 Å². The average Bonchev–Trinajstić information content (AvgIpc) is 2.92. The number of aromatic nitrogens is 1. The molecule has 1 heterocycles. The second-order valence-corrected chi connectivity index (χ2v) is 5.66. The Hall–Kier alpha value is -2.05. The van der Waals surface area contributed by atoms with Gasteiger partial charge in [-0.05, 0) is 38.2 Å². The second kappa shape index (κ2) is 8.55. The van der Waals surface area contributed by atoms with Gasteiger partial charge in [0.25, 0.3) is 0 Å². The average molecular weight is 338 g/mol. The number of amides is 1. The highest BCUT2D eigenvalue weighted by Crippen LogP contribution is 2.15. The van der Waals surface area contributed by atoms with Crippen LogP contribution in [-0.2, 0) is 4.79 Å². The Morgan fingerprint density at radius 1 is 1.35 bits per heavy atom. The Bertz CT molecular complexity index is 628. The largest absolute Gasteiger partial charge is 0.492 e. The zero-order valence-electron chi connectivity index (χ0n) is 13.2. The summed E-state index contributed by atoms with van der Waals surface area (Å²) in [7, 11) is 1.94. The first kappa shape index (κ1) is 17.3. The van der Waals surface area contributed by atoms with Crippen molar-refractivity contribution in [2.45, 2.75) is 13.3 Å². The van der Waals surface area contributed by atoms with Crippen LogP contribution in [0.3, 0.4) is 0 Å². The zero-order valence-corrected chi connectivity index (χ0v) is 14.0. The van der Waals surface area contributed by atoms with E-state index in [-0.39, 0.29) is 5.91 Å². The summed E-state index contributed by atoms with van der Waals surface area (Å²) in [6.45, 7) is 3.67. The molecule has 0 atom stereocenters. The van der Waals surface area contributed by atoms with Gasteiger partial charge in [-0.2, -0.15) is 0 Å². The molecule has 6 nitrogen and oxygen atoms in total. The van der Waals surface area contributed by atoms with Crippen LogP contribution in [-0.4, -0.2) is 42.7 Å². The molecule has 0 saturated carbocycles. The highest BCUT2D eigenvalue weighted by Gasteiger charge is 2.08. The highest BCUT2D eigenvalue weighted by molar-refractivity contribution is 6.30.